The number of benzene rings is 1. The fourth-order valence-electron chi connectivity index (χ4n) is 7.24. The molecule has 0 radical (unpaired) electrons. The molecule has 8 nitrogen and oxygen atoms in total. The third kappa shape index (κ3) is 3.46. The number of hydrogen-bond acceptors (Lipinski definition) is 5. The first-order valence-corrected chi connectivity index (χ1v) is 14.1. The van der Waals surface area contributed by atoms with Crippen molar-refractivity contribution in [2.75, 3.05) is 13.1 Å². The van der Waals surface area contributed by atoms with Crippen molar-refractivity contribution in [3.8, 4) is 5.69 Å². The second kappa shape index (κ2) is 7.90. The van der Waals surface area contributed by atoms with Gasteiger partial charge < -0.3 is 14.7 Å². The lowest BCUT2D eigenvalue weighted by Crippen LogP contribution is -2.47. The van der Waals surface area contributed by atoms with Gasteiger partial charge in [0.05, 0.1) is 11.5 Å². The van der Waals surface area contributed by atoms with Crippen molar-refractivity contribution in [3.63, 3.8) is 0 Å². The van der Waals surface area contributed by atoms with Gasteiger partial charge in [0.1, 0.15) is 17.7 Å². The monoisotopic (exact) mass is 510 g/mol. The standard InChI is InChI=1S/C30H34N6O2/c1-34-18-31-33-28(34)30(13-23(37)14-30)20-3-2-4-22(11-20)36-16-25(19-5-6-19)24-12-21(32-26(24)27(36)38)15-35-10-9-29(17-35)7-8-29/h2-4,11-12,16,18-19,23,32,37H,5-10,13-15,17H2,1H3/t23-,30-. The van der Waals surface area contributed by atoms with Crippen molar-refractivity contribution in [3.05, 3.63) is 75.9 Å². The van der Waals surface area contributed by atoms with E-state index in [0.29, 0.717) is 24.2 Å². The van der Waals surface area contributed by atoms with Crippen LogP contribution in [0.15, 0.2) is 47.7 Å². The second-order valence-corrected chi connectivity index (χ2v) is 12.5. The number of aromatic nitrogens is 5. The molecule has 4 aliphatic rings. The van der Waals surface area contributed by atoms with Crippen LogP contribution in [0.1, 0.15) is 73.5 Å². The Bertz CT molecular complexity index is 1620. The van der Waals surface area contributed by atoms with Gasteiger partial charge in [-0.3, -0.25) is 14.3 Å². The zero-order valence-electron chi connectivity index (χ0n) is 21.9. The molecule has 4 aromatic rings. The number of rotatable bonds is 6. The molecule has 8 rings (SSSR count). The zero-order chi connectivity index (χ0) is 25.6. The molecule has 4 heterocycles. The quantitative estimate of drug-likeness (QED) is 0.412. The maximum absolute atomic E-state index is 13.9. The molecule has 0 bridgehead atoms. The predicted octanol–water partition coefficient (Wildman–Crippen LogP) is 3.75. The summed E-state index contributed by atoms with van der Waals surface area (Å²) in [5, 5.41) is 19.9. The van der Waals surface area contributed by atoms with Crippen LogP contribution in [-0.2, 0) is 19.0 Å². The van der Waals surface area contributed by atoms with Crippen molar-refractivity contribution in [1.29, 1.82) is 0 Å². The first kappa shape index (κ1) is 22.7. The lowest BCUT2D eigenvalue weighted by Gasteiger charge is -2.44. The van der Waals surface area contributed by atoms with Crippen LogP contribution in [0.2, 0.25) is 0 Å². The SMILES string of the molecule is Cn1cnnc1[C@]1(c2cccc(-n3cc(C4CC4)c4cc(CN5CCC6(CC6)C5)[nH]c4c3=O)c2)C[C@@H](O)C1. The number of aryl methyl sites for hydroxylation is 1. The van der Waals surface area contributed by atoms with Gasteiger partial charge in [-0.2, -0.15) is 0 Å². The maximum Gasteiger partial charge on any atom is 0.279 e. The number of aliphatic hydroxyl groups excluding tert-OH is 1. The summed E-state index contributed by atoms with van der Waals surface area (Å²) in [6, 6.07) is 10.5. The fraction of sp³-hybridized carbons (Fsp3) is 0.500. The van der Waals surface area contributed by atoms with E-state index in [-0.39, 0.29) is 11.7 Å². The lowest BCUT2D eigenvalue weighted by molar-refractivity contribution is 0.0323. The van der Waals surface area contributed by atoms with E-state index in [0.717, 1.165) is 46.8 Å². The lowest BCUT2D eigenvalue weighted by atomic mass is 9.62. The summed E-state index contributed by atoms with van der Waals surface area (Å²) in [7, 11) is 1.95. The molecule has 4 fully saturated rings. The van der Waals surface area contributed by atoms with Crippen LogP contribution >= 0.6 is 0 Å². The van der Waals surface area contributed by atoms with Gasteiger partial charge in [-0.05, 0) is 92.1 Å². The summed E-state index contributed by atoms with van der Waals surface area (Å²) in [4.78, 5) is 20.0. The summed E-state index contributed by atoms with van der Waals surface area (Å²) in [5.41, 5.74) is 5.25. The Balaban J connectivity index is 1.20. The Morgan fingerprint density at radius 1 is 1.16 bits per heavy atom. The Morgan fingerprint density at radius 3 is 2.68 bits per heavy atom. The fourth-order valence-corrected chi connectivity index (χ4v) is 7.24. The van der Waals surface area contributed by atoms with Crippen LogP contribution in [0.4, 0.5) is 0 Å². The minimum Gasteiger partial charge on any atom is -0.393 e. The minimum absolute atomic E-state index is 0.00534. The summed E-state index contributed by atoms with van der Waals surface area (Å²) in [5.74, 6) is 1.37. The first-order valence-electron chi connectivity index (χ1n) is 14.1. The van der Waals surface area contributed by atoms with Gasteiger partial charge >= 0.3 is 0 Å². The molecule has 38 heavy (non-hydrogen) atoms. The van der Waals surface area contributed by atoms with Crippen molar-refractivity contribution in [2.24, 2.45) is 12.5 Å². The molecule has 3 saturated carbocycles. The van der Waals surface area contributed by atoms with Gasteiger partial charge in [0.15, 0.2) is 0 Å². The largest absolute Gasteiger partial charge is 0.393 e. The van der Waals surface area contributed by atoms with Gasteiger partial charge in [-0.1, -0.05) is 12.1 Å². The molecule has 0 unspecified atom stereocenters. The smallest absolute Gasteiger partial charge is 0.279 e. The summed E-state index contributed by atoms with van der Waals surface area (Å²) >= 11 is 0. The summed E-state index contributed by atoms with van der Waals surface area (Å²) in [6.45, 7) is 3.23. The molecule has 0 amide bonds. The minimum atomic E-state index is -0.401. The molecule has 1 aromatic carbocycles. The zero-order valence-corrected chi connectivity index (χ0v) is 21.9. The topological polar surface area (TPSA) is 92.0 Å². The molecule has 1 aliphatic heterocycles. The van der Waals surface area contributed by atoms with Crippen LogP contribution < -0.4 is 5.56 Å². The van der Waals surface area contributed by atoms with E-state index in [1.165, 1.54) is 44.2 Å². The average Bonchev–Trinajstić information content (AvgIpc) is 3.74. The Hall–Kier alpha value is -3.23. The van der Waals surface area contributed by atoms with Crippen LogP contribution in [0, 0.1) is 5.41 Å². The number of nitrogens with zero attached hydrogens (tertiary/aromatic N) is 5. The number of nitrogens with one attached hydrogen (secondary N) is 1. The highest BCUT2D eigenvalue weighted by atomic mass is 16.3. The molecule has 196 valence electrons. The van der Waals surface area contributed by atoms with Gasteiger partial charge in [-0.15, -0.1) is 10.2 Å². The normalized spacial score (nSPS) is 26.3. The van der Waals surface area contributed by atoms with Crippen molar-refractivity contribution < 1.29 is 5.11 Å². The Morgan fingerprint density at radius 2 is 2.00 bits per heavy atom. The number of aliphatic hydroxyl groups is 1. The van der Waals surface area contributed by atoms with E-state index in [1.807, 2.05) is 28.3 Å². The summed E-state index contributed by atoms with van der Waals surface area (Å²) < 4.78 is 3.77. The summed E-state index contributed by atoms with van der Waals surface area (Å²) in [6.07, 6.45) is 11.1. The molecule has 3 aliphatic carbocycles. The van der Waals surface area contributed by atoms with Crippen LogP contribution in [0.5, 0.6) is 0 Å². The molecule has 1 spiro atoms. The van der Waals surface area contributed by atoms with Crippen LogP contribution in [0.3, 0.4) is 0 Å². The Labute approximate surface area is 221 Å². The van der Waals surface area contributed by atoms with E-state index < -0.39 is 5.41 Å². The maximum atomic E-state index is 13.9. The molecule has 2 N–H and O–H groups in total. The molecular formula is C30H34N6O2. The van der Waals surface area contributed by atoms with E-state index in [2.05, 4.69) is 44.5 Å². The van der Waals surface area contributed by atoms with E-state index in [9.17, 15) is 9.90 Å². The highest BCUT2D eigenvalue weighted by Crippen LogP contribution is 2.53. The average molecular weight is 511 g/mol. The molecular weight excluding hydrogens is 476 g/mol. The molecule has 8 heteroatoms. The van der Waals surface area contributed by atoms with Crippen LogP contribution in [-0.4, -0.2) is 53.5 Å². The number of fused-ring (bicyclic) bond motifs is 1. The van der Waals surface area contributed by atoms with Crippen molar-refractivity contribution >= 4 is 10.9 Å². The van der Waals surface area contributed by atoms with Crippen molar-refractivity contribution in [2.45, 2.75) is 68.9 Å². The Kier molecular flexibility index (Phi) is 4.72. The van der Waals surface area contributed by atoms with Gasteiger partial charge in [0.25, 0.3) is 5.56 Å². The predicted molar refractivity (Wildman–Crippen MR) is 144 cm³/mol. The molecule has 0 atom stereocenters. The van der Waals surface area contributed by atoms with E-state index in [4.69, 9.17) is 0 Å². The number of likely N-dealkylation sites (tertiary alicyclic amines) is 1. The second-order valence-electron chi connectivity index (χ2n) is 12.5. The molecule has 1 saturated heterocycles. The number of hydrogen-bond donors (Lipinski definition) is 2. The number of pyridine rings is 1. The van der Waals surface area contributed by atoms with Gasteiger partial charge in [-0.25, -0.2) is 0 Å². The number of H-pyrrole nitrogens is 1. The first-order chi connectivity index (χ1) is 18.4. The van der Waals surface area contributed by atoms with Crippen LogP contribution in [0.25, 0.3) is 16.6 Å². The third-order valence-corrected chi connectivity index (χ3v) is 9.76. The van der Waals surface area contributed by atoms with Gasteiger partial charge in [0, 0.05) is 43.1 Å². The van der Waals surface area contributed by atoms with Gasteiger partial charge in [0.2, 0.25) is 0 Å². The molecule has 3 aromatic heterocycles. The van der Waals surface area contributed by atoms with E-state index >= 15 is 0 Å². The highest BCUT2D eigenvalue weighted by molar-refractivity contribution is 5.84. The third-order valence-electron chi connectivity index (χ3n) is 9.76. The highest BCUT2D eigenvalue weighted by Gasteiger charge is 2.50. The van der Waals surface area contributed by atoms with Crippen molar-refractivity contribution in [1.82, 2.24) is 29.2 Å². The van der Waals surface area contributed by atoms with E-state index in [1.54, 1.807) is 6.33 Å². The number of aromatic amines is 1.